The van der Waals surface area contributed by atoms with Gasteiger partial charge in [-0.05, 0) is 25.7 Å². The zero-order valence-corrected chi connectivity index (χ0v) is 11.8. The minimum atomic E-state index is 0.478. The summed E-state index contributed by atoms with van der Waals surface area (Å²) in [5, 5.41) is 0. The number of methoxy groups -OCH3 is 1. The average molecular weight is 291 g/mol. The molecule has 16 heavy (non-hydrogen) atoms. The summed E-state index contributed by atoms with van der Waals surface area (Å²) in [6.07, 6.45) is 9.64. The maximum atomic E-state index is 6.03. The lowest BCUT2D eigenvalue weighted by molar-refractivity contribution is -0.122. The molecule has 0 radical (unpaired) electrons. The Morgan fingerprint density at radius 1 is 1.19 bits per heavy atom. The molecule has 2 saturated carbocycles. The molecule has 0 amide bonds. The molecule has 0 bridgehead atoms. The van der Waals surface area contributed by atoms with Crippen LogP contribution in [0.25, 0.3) is 0 Å². The Balaban J connectivity index is 1.77. The van der Waals surface area contributed by atoms with Crippen molar-refractivity contribution >= 4 is 15.9 Å². The van der Waals surface area contributed by atoms with Crippen molar-refractivity contribution in [2.45, 2.75) is 55.9 Å². The number of hydrogen-bond acceptors (Lipinski definition) is 2. The third kappa shape index (κ3) is 2.46. The molecule has 2 fully saturated rings. The highest BCUT2D eigenvalue weighted by molar-refractivity contribution is 9.09. The first-order chi connectivity index (χ1) is 7.79. The van der Waals surface area contributed by atoms with Gasteiger partial charge in [-0.3, -0.25) is 0 Å². The van der Waals surface area contributed by atoms with Crippen LogP contribution in [0.15, 0.2) is 0 Å². The van der Waals surface area contributed by atoms with Gasteiger partial charge in [0.05, 0.1) is 6.10 Å². The van der Waals surface area contributed by atoms with Crippen LogP contribution in [-0.2, 0) is 9.47 Å². The summed E-state index contributed by atoms with van der Waals surface area (Å²) >= 11 is 3.84. The summed E-state index contributed by atoms with van der Waals surface area (Å²) in [6, 6.07) is 0. The lowest BCUT2D eigenvalue weighted by Crippen LogP contribution is -2.56. The fourth-order valence-electron chi connectivity index (χ4n) is 3.21. The summed E-state index contributed by atoms with van der Waals surface area (Å²) in [7, 11) is 1.75. The molecule has 0 aromatic heterocycles. The summed E-state index contributed by atoms with van der Waals surface area (Å²) < 4.78 is 11.1. The van der Waals surface area contributed by atoms with Crippen LogP contribution in [0.2, 0.25) is 0 Å². The molecule has 2 aliphatic rings. The summed E-state index contributed by atoms with van der Waals surface area (Å²) in [5.41, 5.74) is 0.478. The Morgan fingerprint density at radius 2 is 1.94 bits per heavy atom. The van der Waals surface area contributed by atoms with E-state index in [2.05, 4.69) is 15.9 Å². The normalized spacial score (nSPS) is 32.6. The molecule has 2 nitrogen and oxygen atoms in total. The second kappa shape index (κ2) is 5.83. The SMILES string of the molecule is COCCCOC1CC(Br)C12CCCCC2. The summed E-state index contributed by atoms with van der Waals surface area (Å²) in [6.45, 7) is 1.68. The van der Waals surface area contributed by atoms with Gasteiger partial charge in [-0.15, -0.1) is 0 Å². The van der Waals surface area contributed by atoms with E-state index in [9.17, 15) is 0 Å². The molecule has 2 rings (SSSR count). The van der Waals surface area contributed by atoms with Crippen molar-refractivity contribution in [2.75, 3.05) is 20.3 Å². The third-order valence-electron chi connectivity index (χ3n) is 4.28. The standard InChI is InChI=1S/C13H23BrO2/c1-15-8-5-9-16-12-10-11(14)13(12)6-3-2-4-7-13/h11-12H,2-10H2,1H3. The van der Waals surface area contributed by atoms with Gasteiger partial charge in [-0.1, -0.05) is 35.2 Å². The molecule has 2 atom stereocenters. The predicted octanol–water partition coefficient (Wildman–Crippen LogP) is 3.53. The van der Waals surface area contributed by atoms with Gasteiger partial charge in [-0.25, -0.2) is 0 Å². The van der Waals surface area contributed by atoms with Gasteiger partial charge < -0.3 is 9.47 Å². The number of halogens is 1. The Labute approximate surface area is 107 Å². The molecule has 94 valence electrons. The zero-order valence-electron chi connectivity index (χ0n) is 10.2. The van der Waals surface area contributed by atoms with Crippen LogP contribution in [0.4, 0.5) is 0 Å². The smallest absolute Gasteiger partial charge is 0.0652 e. The van der Waals surface area contributed by atoms with E-state index < -0.39 is 0 Å². The van der Waals surface area contributed by atoms with Gasteiger partial charge >= 0.3 is 0 Å². The largest absolute Gasteiger partial charge is 0.385 e. The summed E-state index contributed by atoms with van der Waals surface area (Å²) in [5.74, 6) is 0. The summed E-state index contributed by atoms with van der Waals surface area (Å²) in [4.78, 5) is 0.702. The van der Waals surface area contributed by atoms with Crippen LogP contribution in [0.5, 0.6) is 0 Å². The van der Waals surface area contributed by atoms with E-state index in [0.717, 1.165) is 19.6 Å². The first kappa shape index (κ1) is 12.8. The fraction of sp³-hybridized carbons (Fsp3) is 1.00. The zero-order chi connectivity index (χ0) is 11.4. The molecule has 0 aromatic rings. The molecule has 1 spiro atoms. The minimum absolute atomic E-state index is 0.478. The van der Waals surface area contributed by atoms with Gasteiger partial charge in [-0.2, -0.15) is 0 Å². The van der Waals surface area contributed by atoms with E-state index in [1.807, 2.05) is 0 Å². The number of alkyl halides is 1. The second-order valence-electron chi connectivity index (χ2n) is 5.20. The molecular weight excluding hydrogens is 268 g/mol. The van der Waals surface area contributed by atoms with E-state index in [0.29, 0.717) is 16.3 Å². The fourth-order valence-corrected chi connectivity index (χ4v) is 4.30. The average Bonchev–Trinajstić information content (AvgIpc) is 2.34. The first-order valence-corrected chi connectivity index (χ1v) is 7.46. The first-order valence-electron chi connectivity index (χ1n) is 6.54. The van der Waals surface area contributed by atoms with Crippen LogP contribution in [0.1, 0.15) is 44.9 Å². The van der Waals surface area contributed by atoms with Gasteiger partial charge in [0.1, 0.15) is 0 Å². The van der Waals surface area contributed by atoms with Crippen LogP contribution in [-0.4, -0.2) is 31.3 Å². The molecule has 0 heterocycles. The van der Waals surface area contributed by atoms with Gasteiger partial charge in [0.2, 0.25) is 0 Å². The van der Waals surface area contributed by atoms with E-state index in [1.165, 1.54) is 38.5 Å². The van der Waals surface area contributed by atoms with Crippen molar-refractivity contribution in [3.05, 3.63) is 0 Å². The molecular formula is C13H23BrO2. The van der Waals surface area contributed by atoms with Crippen molar-refractivity contribution in [1.82, 2.24) is 0 Å². The van der Waals surface area contributed by atoms with Crippen LogP contribution in [0, 0.1) is 5.41 Å². The van der Waals surface area contributed by atoms with Crippen LogP contribution in [0.3, 0.4) is 0 Å². The molecule has 0 N–H and O–H groups in total. The monoisotopic (exact) mass is 290 g/mol. The van der Waals surface area contributed by atoms with Crippen LogP contribution < -0.4 is 0 Å². The lowest BCUT2D eigenvalue weighted by atomic mass is 9.58. The van der Waals surface area contributed by atoms with E-state index in [1.54, 1.807) is 7.11 Å². The van der Waals surface area contributed by atoms with Crippen molar-refractivity contribution in [2.24, 2.45) is 5.41 Å². The number of rotatable bonds is 5. The molecule has 3 heteroatoms. The maximum Gasteiger partial charge on any atom is 0.0652 e. The van der Waals surface area contributed by atoms with E-state index >= 15 is 0 Å². The van der Waals surface area contributed by atoms with Gasteiger partial charge in [0.15, 0.2) is 0 Å². The molecule has 0 saturated heterocycles. The maximum absolute atomic E-state index is 6.03. The second-order valence-corrected chi connectivity index (χ2v) is 6.31. The topological polar surface area (TPSA) is 18.5 Å². The van der Waals surface area contributed by atoms with Crippen molar-refractivity contribution < 1.29 is 9.47 Å². The van der Waals surface area contributed by atoms with Crippen molar-refractivity contribution in [1.29, 1.82) is 0 Å². The van der Waals surface area contributed by atoms with Gasteiger partial charge in [0, 0.05) is 30.6 Å². The minimum Gasteiger partial charge on any atom is -0.385 e. The van der Waals surface area contributed by atoms with Crippen LogP contribution >= 0.6 is 15.9 Å². The highest BCUT2D eigenvalue weighted by Crippen LogP contribution is 2.56. The molecule has 0 aliphatic heterocycles. The Kier molecular flexibility index (Phi) is 4.68. The number of ether oxygens (including phenoxy) is 2. The predicted molar refractivity (Wildman–Crippen MR) is 69.1 cm³/mol. The van der Waals surface area contributed by atoms with E-state index in [-0.39, 0.29) is 0 Å². The highest BCUT2D eigenvalue weighted by atomic mass is 79.9. The molecule has 0 aromatic carbocycles. The lowest BCUT2D eigenvalue weighted by Gasteiger charge is -2.55. The molecule has 2 aliphatic carbocycles. The molecule has 2 unspecified atom stereocenters. The quantitative estimate of drug-likeness (QED) is 0.570. The third-order valence-corrected chi connectivity index (χ3v) is 5.57. The van der Waals surface area contributed by atoms with Crippen molar-refractivity contribution in [3.8, 4) is 0 Å². The Hall–Kier alpha value is 0.400. The highest BCUT2D eigenvalue weighted by Gasteiger charge is 2.54. The Morgan fingerprint density at radius 3 is 2.56 bits per heavy atom. The van der Waals surface area contributed by atoms with E-state index in [4.69, 9.17) is 9.47 Å². The van der Waals surface area contributed by atoms with Crippen molar-refractivity contribution in [3.63, 3.8) is 0 Å². The van der Waals surface area contributed by atoms with Gasteiger partial charge in [0.25, 0.3) is 0 Å². The Bertz CT molecular complexity index is 214. The number of hydrogen-bond donors (Lipinski definition) is 0.